The first-order valence-electron chi connectivity index (χ1n) is 7.47. The van der Waals surface area contributed by atoms with Crippen LogP contribution >= 0.6 is 0 Å². The van der Waals surface area contributed by atoms with Gasteiger partial charge in [0.15, 0.2) is 0 Å². The maximum atomic E-state index is 9.20. The Hall–Kier alpha value is -1.36. The fourth-order valence-electron chi connectivity index (χ4n) is 2.25. The molecule has 0 aliphatic carbocycles. The molecule has 5 nitrogen and oxygen atoms in total. The molecule has 1 rings (SSSR count). The van der Waals surface area contributed by atoms with E-state index >= 15 is 0 Å². The third-order valence-corrected chi connectivity index (χ3v) is 3.37. The van der Waals surface area contributed by atoms with E-state index in [1.165, 1.54) is 0 Å². The second-order valence-corrected chi connectivity index (χ2v) is 5.68. The van der Waals surface area contributed by atoms with Crippen molar-refractivity contribution in [2.45, 2.75) is 53.0 Å². The normalized spacial score (nSPS) is 12.8. The van der Waals surface area contributed by atoms with Crippen molar-refractivity contribution in [2.75, 3.05) is 23.8 Å². The zero-order valence-electron chi connectivity index (χ0n) is 13.3. The number of hydrogen-bond donors (Lipinski definition) is 3. The van der Waals surface area contributed by atoms with Crippen molar-refractivity contribution in [1.29, 1.82) is 0 Å². The quantitative estimate of drug-likeness (QED) is 0.683. The summed E-state index contributed by atoms with van der Waals surface area (Å²) in [6, 6.07) is 0.210. The van der Waals surface area contributed by atoms with Crippen LogP contribution in [0.4, 0.5) is 11.6 Å². The van der Waals surface area contributed by atoms with Gasteiger partial charge in [-0.1, -0.05) is 27.7 Å². The van der Waals surface area contributed by atoms with Gasteiger partial charge in [-0.2, -0.15) is 0 Å². The molecule has 1 aromatic rings. The van der Waals surface area contributed by atoms with Crippen LogP contribution in [0.5, 0.6) is 0 Å². The SMILES string of the molecule is CCNc1ncnc(NC(CCO)C(C)C)c1C(C)C. The Morgan fingerprint density at radius 2 is 1.80 bits per heavy atom. The first kappa shape index (κ1) is 16.7. The molecule has 1 aromatic heterocycles. The first-order chi connectivity index (χ1) is 9.51. The van der Waals surface area contributed by atoms with E-state index in [4.69, 9.17) is 0 Å². The molecule has 20 heavy (non-hydrogen) atoms. The van der Waals surface area contributed by atoms with Gasteiger partial charge in [0.05, 0.1) is 0 Å². The molecule has 3 N–H and O–H groups in total. The van der Waals surface area contributed by atoms with Gasteiger partial charge in [0, 0.05) is 24.8 Å². The number of anilines is 2. The lowest BCUT2D eigenvalue weighted by molar-refractivity contribution is 0.267. The first-order valence-corrected chi connectivity index (χ1v) is 7.47. The lowest BCUT2D eigenvalue weighted by Gasteiger charge is -2.25. The topological polar surface area (TPSA) is 70.1 Å². The summed E-state index contributed by atoms with van der Waals surface area (Å²) in [5.74, 6) is 2.53. The molecule has 0 spiro atoms. The van der Waals surface area contributed by atoms with Gasteiger partial charge in [0.1, 0.15) is 18.0 Å². The van der Waals surface area contributed by atoms with Gasteiger partial charge in [0.2, 0.25) is 0 Å². The summed E-state index contributed by atoms with van der Waals surface area (Å²) >= 11 is 0. The summed E-state index contributed by atoms with van der Waals surface area (Å²) in [6.07, 6.45) is 2.30. The summed E-state index contributed by atoms with van der Waals surface area (Å²) in [6.45, 7) is 11.6. The van der Waals surface area contributed by atoms with Crippen molar-refractivity contribution in [3.05, 3.63) is 11.9 Å². The number of aliphatic hydroxyl groups excluding tert-OH is 1. The summed E-state index contributed by atoms with van der Waals surface area (Å²) in [5.41, 5.74) is 1.11. The van der Waals surface area contributed by atoms with Crippen LogP contribution in [0, 0.1) is 5.92 Å². The Kier molecular flexibility index (Phi) is 6.71. The highest BCUT2D eigenvalue weighted by atomic mass is 16.3. The minimum Gasteiger partial charge on any atom is -0.396 e. The second kappa shape index (κ2) is 8.04. The van der Waals surface area contributed by atoms with Crippen molar-refractivity contribution < 1.29 is 5.11 Å². The average Bonchev–Trinajstić information content (AvgIpc) is 2.38. The van der Waals surface area contributed by atoms with Gasteiger partial charge in [-0.3, -0.25) is 0 Å². The van der Waals surface area contributed by atoms with Crippen molar-refractivity contribution in [3.63, 3.8) is 0 Å². The number of aromatic nitrogens is 2. The fourth-order valence-corrected chi connectivity index (χ4v) is 2.25. The smallest absolute Gasteiger partial charge is 0.135 e. The van der Waals surface area contributed by atoms with Gasteiger partial charge in [0.25, 0.3) is 0 Å². The predicted octanol–water partition coefficient (Wildman–Crippen LogP) is 2.85. The summed E-state index contributed by atoms with van der Waals surface area (Å²) in [4.78, 5) is 8.74. The average molecular weight is 280 g/mol. The lowest BCUT2D eigenvalue weighted by Crippen LogP contribution is -2.28. The highest BCUT2D eigenvalue weighted by Crippen LogP contribution is 2.29. The van der Waals surface area contributed by atoms with Gasteiger partial charge < -0.3 is 15.7 Å². The third-order valence-electron chi connectivity index (χ3n) is 3.37. The van der Waals surface area contributed by atoms with Crippen molar-refractivity contribution in [1.82, 2.24) is 9.97 Å². The Labute approximate surface area is 122 Å². The zero-order chi connectivity index (χ0) is 15.1. The molecular formula is C15H28N4O. The molecule has 0 fully saturated rings. The predicted molar refractivity (Wildman–Crippen MR) is 84.2 cm³/mol. The van der Waals surface area contributed by atoms with E-state index in [-0.39, 0.29) is 12.6 Å². The van der Waals surface area contributed by atoms with Crippen LogP contribution in [-0.2, 0) is 0 Å². The Balaban J connectivity index is 3.06. The van der Waals surface area contributed by atoms with Gasteiger partial charge >= 0.3 is 0 Å². The molecule has 1 unspecified atom stereocenters. The van der Waals surface area contributed by atoms with Crippen molar-refractivity contribution >= 4 is 11.6 Å². The molecule has 0 aromatic carbocycles. The Morgan fingerprint density at radius 3 is 2.30 bits per heavy atom. The summed E-state index contributed by atoms with van der Waals surface area (Å²) < 4.78 is 0. The maximum Gasteiger partial charge on any atom is 0.135 e. The molecule has 0 saturated carbocycles. The number of hydrogen-bond acceptors (Lipinski definition) is 5. The van der Waals surface area contributed by atoms with E-state index in [2.05, 4.69) is 55.2 Å². The van der Waals surface area contributed by atoms with Crippen LogP contribution in [0.3, 0.4) is 0 Å². The Bertz CT molecular complexity index is 407. The summed E-state index contributed by atoms with van der Waals surface area (Å²) in [7, 11) is 0. The zero-order valence-corrected chi connectivity index (χ0v) is 13.3. The largest absolute Gasteiger partial charge is 0.396 e. The molecule has 0 amide bonds. The minimum atomic E-state index is 0.179. The van der Waals surface area contributed by atoms with E-state index in [1.54, 1.807) is 6.33 Å². The summed E-state index contributed by atoms with van der Waals surface area (Å²) in [5, 5.41) is 16.0. The molecule has 0 bridgehead atoms. The lowest BCUT2D eigenvalue weighted by atomic mass is 9.99. The van der Waals surface area contributed by atoms with E-state index < -0.39 is 0 Å². The van der Waals surface area contributed by atoms with Gasteiger partial charge in [-0.25, -0.2) is 9.97 Å². The minimum absolute atomic E-state index is 0.179. The maximum absolute atomic E-state index is 9.20. The second-order valence-electron chi connectivity index (χ2n) is 5.68. The molecule has 1 heterocycles. The number of nitrogens with zero attached hydrogens (tertiary/aromatic N) is 2. The van der Waals surface area contributed by atoms with Gasteiger partial charge in [-0.05, 0) is 25.2 Å². The molecular weight excluding hydrogens is 252 g/mol. The van der Waals surface area contributed by atoms with E-state index in [1.807, 2.05) is 0 Å². The van der Waals surface area contributed by atoms with Crippen LogP contribution in [-0.4, -0.2) is 34.3 Å². The molecule has 0 aliphatic heterocycles. The highest BCUT2D eigenvalue weighted by molar-refractivity contribution is 5.59. The van der Waals surface area contributed by atoms with E-state index in [9.17, 15) is 5.11 Å². The van der Waals surface area contributed by atoms with Gasteiger partial charge in [-0.15, -0.1) is 0 Å². The molecule has 1 atom stereocenters. The number of rotatable bonds is 8. The molecule has 0 aliphatic rings. The van der Waals surface area contributed by atoms with Crippen LogP contribution in [0.25, 0.3) is 0 Å². The fraction of sp³-hybridized carbons (Fsp3) is 0.733. The van der Waals surface area contributed by atoms with Crippen LogP contribution < -0.4 is 10.6 Å². The number of nitrogens with one attached hydrogen (secondary N) is 2. The highest BCUT2D eigenvalue weighted by Gasteiger charge is 2.19. The molecule has 0 radical (unpaired) electrons. The van der Waals surface area contributed by atoms with Crippen molar-refractivity contribution in [3.8, 4) is 0 Å². The third kappa shape index (κ3) is 4.34. The number of aliphatic hydroxyl groups is 1. The molecule has 0 saturated heterocycles. The van der Waals surface area contributed by atoms with E-state index in [0.29, 0.717) is 11.8 Å². The molecule has 5 heteroatoms. The Morgan fingerprint density at radius 1 is 1.15 bits per heavy atom. The van der Waals surface area contributed by atoms with Crippen LogP contribution in [0.15, 0.2) is 6.33 Å². The van der Waals surface area contributed by atoms with Crippen LogP contribution in [0.2, 0.25) is 0 Å². The van der Waals surface area contributed by atoms with E-state index in [0.717, 1.165) is 30.2 Å². The van der Waals surface area contributed by atoms with Crippen molar-refractivity contribution in [2.24, 2.45) is 5.92 Å². The molecule has 114 valence electrons. The van der Waals surface area contributed by atoms with Crippen LogP contribution in [0.1, 0.15) is 52.5 Å². The monoisotopic (exact) mass is 280 g/mol. The standard InChI is InChI=1S/C15H28N4O/c1-6-16-14-13(11(4)5)15(18-9-17-14)19-12(7-8-20)10(2)3/h9-12,20H,6-8H2,1-5H3,(H2,16,17,18,19).